The molecule has 0 aliphatic heterocycles. The molecule has 1 unspecified atom stereocenters. The lowest BCUT2D eigenvalue weighted by Gasteiger charge is -2.06. The van der Waals surface area contributed by atoms with Gasteiger partial charge >= 0.3 is 0 Å². The Labute approximate surface area is 73.3 Å². The molecule has 0 saturated carbocycles. The van der Waals surface area contributed by atoms with Crippen LogP contribution in [0.2, 0.25) is 0 Å². The summed E-state index contributed by atoms with van der Waals surface area (Å²) in [5.74, 6) is 0.102. The Kier molecular flexibility index (Phi) is 6.33. The number of carbonyl (C=O) groups excluding carboxylic acids is 1. The van der Waals surface area contributed by atoms with Crippen LogP contribution in [0, 0.1) is 0 Å². The van der Waals surface area contributed by atoms with E-state index >= 15 is 0 Å². The molecule has 0 spiro atoms. The highest BCUT2D eigenvalue weighted by atomic mass is 35.5. The maximum Gasteiger partial charge on any atom is 0.219 e. The van der Waals surface area contributed by atoms with Crippen molar-refractivity contribution in [3.63, 3.8) is 0 Å². The largest absolute Gasteiger partial charge is 0.356 e. The maximum absolute atomic E-state index is 10.7. The third kappa shape index (κ3) is 6.17. The molecule has 0 aliphatic carbocycles. The Morgan fingerprint density at radius 3 is 2.64 bits per heavy atom. The first-order valence-corrected chi connectivity index (χ1v) is 4.55. The minimum atomic E-state index is 0.102. The molecule has 0 heterocycles. The predicted octanol–water partition coefficient (Wildman–Crippen LogP) is 1.92. The highest BCUT2D eigenvalue weighted by Crippen LogP contribution is 2.04. The van der Waals surface area contributed by atoms with E-state index in [1.807, 2.05) is 13.8 Å². The zero-order chi connectivity index (χ0) is 8.69. The molecule has 0 aromatic heterocycles. The molecule has 66 valence electrons. The number of alkyl halides is 1. The number of carbonyl (C=O) groups is 1. The Morgan fingerprint density at radius 1 is 1.55 bits per heavy atom. The van der Waals surface area contributed by atoms with Crippen molar-refractivity contribution >= 4 is 17.5 Å². The van der Waals surface area contributed by atoms with E-state index in [1.165, 1.54) is 0 Å². The van der Waals surface area contributed by atoms with Crippen LogP contribution in [0.25, 0.3) is 0 Å². The molecule has 0 aromatic carbocycles. The van der Waals surface area contributed by atoms with Gasteiger partial charge in [0.2, 0.25) is 5.91 Å². The summed E-state index contributed by atoms with van der Waals surface area (Å²) >= 11 is 5.84. The van der Waals surface area contributed by atoms with Gasteiger partial charge in [-0.25, -0.2) is 0 Å². The normalized spacial score (nSPS) is 12.6. The zero-order valence-corrected chi connectivity index (χ0v) is 7.95. The van der Waals surface area contributed by atoms with Crippen LogP contribution in [0.5, 0.6) is 0 Å². The lowest BCUT2D eigenvalue weighted by molar-refractivity contribution is -0.120. The molecule has 0 bridgehead atoms. The summed E-state index contributed by atoms with van der Waals surface area (Å²) in [6.07, 6.45) is 2.38. The topological polar surface area (TPSA) is 29.1 Å². The van der Waals surface area contributed by atoms with Crippen LogP contribution in [-0.2, 0) is 4.79 Å². The van der Waals surface area contributed by atoms with Gasteiger partial charge in [-0.15, -0.1) is 11.6 Å². The molecule has 2 nitrogen and oxygen atoms in total. The van der Waals surface area contributed by atoms with Gasteiger partial charge in [0, 0.05) is 18.3 Å². The molecular formula is C8H16ClNO. The molecule has 0 radical (unpaired) electrons. The fraction of sp³-hybridized carbons (Fsp3) is 0.875. The van der Waals surface area contributed by atoms with E-state index in [9.17, 15) is 4.79 Å². The predicted molar refractivity (Wildman–Crippen MR) is 47.8 cm³/mol. The van der Waals surface area contributed by atoms with Gasteiger partial charge in [0.05, 0.1) is 0 Å². The molecule has 1 atom stereocenters. The Morgan fingerprint density at radius 2 is 2.18 bits per heavy atom. The van der Waals surface area contributed by atoms with Gasteiger partial charge < -0.3 is 5.32 Å². The van der Waals surface area contributed by atoms with Crippen LogP contribution < -0.4 is 5.32 Å². The Bertz CT molecular complexity index is 117. The van der Waals surface area contributed by atoms with Crippen molar-refractivity contribution in [2.45, 2.75) is 38.5 Å². The summed E-state index contributed by atoms with van der Waals surface area (Å²) in [4.78, 5) is 10.7. The molecule has 11 heavy (non-hydrogen) atoms. The molecule has 1 amide bonds. The fourth-order valence-electron chi connectivity index (χ4n) is 0.697. The summed E-state index contributed by atoms with van der Waals surface area (Å²) in [5.41, 5.74) is 0. The molecule has 0 rings (SSSR count). The molecule has 0 saturated heterocycles. The summed E-state index contributed by atoms with van der Waals surface area (Å²) < 4.78 is 0. The first-order valence-electron chi connectivity index (χ1n) is 4.11. The van der Waals surface area contributed by atoms with Crippen molar-refractivity contribution in [2.75, 3.05) is 6.54 Å². The van der Waals surface area contributed by atoms with Gasteiger partial charge in [0.15, 0.2) is 0 Å². The van der Waals surface area contributed by atoms with Crippen LogP contribution in [0.3, 0.4) is 0 Å². The average Bonchev–Trinajstić information content (AvgIpc) is 2.04. The second kappa shape index (κ2) is 6.47. The van der Waals surface area contributed by atoms with Crippen LogP contribution >= 0.6 is 11.6 Å². The third-order valence-corrected chi connectivity index (χ3v) is 2.07. The smallest absolute Gasteiger partial charge is 0.219 e. The van der Waals surface area contributed by atoms with E-state index in [-0.39, 0.29) is 11.3 Å². The van der Waals surface area contributed by atoms with Crippen LogP contribution in [0.4, 0.5) is 0 Å². The molecular weight excluding hydrogens is 162 g/mol. The molecule has 3 heteroatoms. The molecule has 0 aliphatic rings. The number of rotatable bonds is 5. The van der Waals surface area contributed by atoms with E-state index in [1.54, 1.807) is 0 Å². The Balaban J connectivity index is 3.20. The van der Waals surface area contributed by atoms with Crippen molar-refractivity contribution in [3.05, 3.63) is 0 Å². The number of halogens is 1. The van der Waals surface area contributed by atoms with E-state index in [0.29, 0.717) is 13.0 Å². The maximum atomic E-state index is 10.7. The zero-order valence-electron chi connectivity index (χ0n) is 7.19. The minimum Gasteiger partial charge on any atom is -0.356 e. The lowest BCUT2D eigenvalue weighted by Crippen LogP contribution is -2.24. The summed E-state index contributed by atoms with van der Waals surface area (Å²) in [7, 11) is 0. The molecule has 1 N–H and O–H groups in total. The van der Waals surface area contributed by atoms with Crippen LogP contribution in [-0.4, -0.2) is 17.8 Å². The van der Waals surface area contributed by atoms with E-state index in [2.05, 4.69) is 5.32 Å². The second-order valence-corrected chi connectivity index (χ2v) is 3.11. The van der Waals surface area contributed by atoms with E-state index < -0.39 is 0 Å². The highest BCUT2D eigenvalue weighted by Gasteiger charge is 2.01. The van der Waals surface area contributed by atoms with Gasteiger partial charge in [-0.1, -0.05) is 13.8 Å². The Hall–Kier alpha value is -0.240. The SMILES string of the molecule is CCC(=O)NCCC(Cl)CC. The number of hydrogen-bond acceptors (Lipinski definition) is 1. The monoisotopic (exact) mass is 177 g/mol. The van der Waals surface area contributed by atoms with E-state index in [0.717, 1.165) is 12.8 Å². The second-order valence-electron chi connectivity index (χ2n) is 2.50. The lowest BCUT2D eigenvalue weighted by atomic mass is 10.2. The highest BCUT2D eigenvalue weighted by molar-refractivity contribution is 6.20. The number of nitrogens with one attached hydrogen (secondary N) is 1. The first-order chi connectivity index (χ1) is 5.20. The van der Waals surface area contributed by atoms with Crippen molar-refractivity contribution in [2.24, 2.45) is 0 Å². The van der Waals surface area contributed by atoms with Crippen molar-refractivity contribution in [1.82, 2.24) is 5.32 Å². The van der Waals surface area contributed by atoms with Crippen molar-refractivity contribution < 1.29 is 4.79 Å². The molecule has 0 fully saturated rings. The standard InChI is InChI=1S/C8H16ClNO/c1-3-7(9)5-6-10-8(11)4-2/h7H,3-6H2,1-2H3,(H,10,11). The van der Waals surface area contributed by atoms with Gasteiger partial charge in [-0.3, -0.25) is 4.79 Å². The number of hydrogen-bond donors (Lipinski definition) is 1. The quantitative estimate of drug-likeness (QED) is 0.639. The summed E-state index contributed by atoms with van der Waals surface area (Å²) in [6.45, 7) is 4.58. The van der Waals surface area contributed by atoms with Gasteiger partial charge in [-0.05, 0) is 12.8 Å². The minimum absolute atomic E-state index is 0.102. The summed E-state index contributed by atoms with van der Waals surface area (Å²) in [5, 5.41) is 2.98. The first kappa shape index (κ1) is 10.8. The van der Waals surface area contributed by atoms with Crippen molar-refractivity contribution in [1.29, 1.82) is 0 Å². The third-order valence-electron chi connectivity index (χ3n) is 1.54. The molecule has 0 aromatic rings. The van der Waals surface area contributed by atoms with Crippen LogP contribution in [0.15, 0.2) is 0 Å². The number of amides is 1. The summed E-state index contributed by atoms with van der Waals surface area (Å²) in [6, 6.07) is 0. The average molecular weight is 178 g/mol. The van der Waals surface area contributed by atoms with Gasteiger partial charge in [0.25, 0.3) is 0 Å². The van der Waals surface area contributed by atoms with Crippen molar-refractivity contribution in [3.8, 4) is 0 Å². The van der Waals surface area contributed by atoms with Crippen LogP contribution in [0.1, 0.15) is 33.1 Å². The fourth-order valence-corrected chi connectivity index (χ4v) is 0.806. The van der Waals surface area contributed by atoms with Gasteiger partial charge in [0.1, 0.15) is 0 Å². The van der Waals surface area contributed by atoms with E-state index in [4.69, 9.17) is 11.6 Å². The van der Waals surface area contributed by atoms with Gasteiger partial charge in [-0.2, -0.15) is 0 Å².